The third kappa shape index (κ3) is 9.62. The van der Waals surface area contributed by atoms with Gasteiger partial charge in [0.25, 0.3) is 5.60 Å². The molecule has 2 N–H and O–H groups in total. The van der Waals surface area contributed by atoms with Gasteiger partial charge in [-0.15, -0.1) is 0 Å². The van der Waals surface area contributed by atoms with Crippen molar-refractivity contribution in [3.63, 3.8) is 0 Å². The number of ether oxygens (including phenoxy) is 6. The van der Waals surface area contributed by atoms with Crippen molar-refractivity contribution in [2.45, 2.75) is 178 Å². The Morgan fingerprint density at radius 2 is 1.58 bits per heavy atom. The highest BCUT2D eigenvalue weighted by atomic mass is 28.4. The fourth-order valence-electron chi connectivity index (χ4n) is 9.37. The number of rotatable bonds is 15. The molecule has 0 aromatic heterocycles. The lowest BCUT2D eigenvalue weighted by molar-refractivity contribution is -0.372. The van der Waals surface area contributed by atoms with E-state index in [0.29, 0.717) is 25.7 Å². The second-order valence-electron chi connectivity index (χ2n) is 16.1. The smallest absolute Gasteiger partial charge is 0.432 e. The summed E-state index contributed by atoms with van der Waals surface area (Å²) in [7, 11) is -1.44. The summed E-state index contributed by atoms with van der Waals surface area (Å²) < 4.78 is 88.4. The summed E-state index contributed by atoms with van der Waals surface area (Å²) in [4.78, 5) is 26.1. The van der Waals surface area contributed by atoms with Crippen LogP contribution in [0.5, 0.6) is 0 Å². The van der Waals surface area contributed by atoms with Gasteiger partial charge in [-0.1, -0.05) is 71.9 Å². The molecule has 11 nitrogen and oxygen atoms in total. The van der Waals surface area contributed by atoms with Gasteiger partial charge in [-0.3, -0.25) is 4.79 Å². The monoisotopic (exact) mass is 804 g/mol. The van der Waals surface area contributed by atoms with Crippen LogP contribution in [-0.4, -0.2) is 98.1 Å². The molecule has 1 aromatic carbocycles. The van der Waals surface area contributed by atoms with Crippen molar-refractivity contribution in [1.29, 1.82) is 0 Å². The molecule has 15 heteroatoms. The number of methoxy groups -OCH3 is 1. The average molecular weight is 805 g/mol. The van der Waals surface area contributed by atoms with E-state index in [1.807, 2.05) is 13.8 Å². The van der Waals surface area contributed by atoms with Gasteiger partial charge < -0.3 is 43.1 Å². The Morgan fingerprint density at radius 1 is 0.964 bits per heavy atom. The summed E-state index contributed by atoms with van der Waals surface area (Å²) >= 11 is 0. The van der Waals surface area contributed by atoms with Crippen LogP contribution in [0.4, 0.5) is 13.2 Å². The summed E-state index contributed by atoms with van der Waals surface area (Å²) in [6.07, 6.45) is -7.32. The van der Waals surface area contributed by atoms with Crippen molar-refractivity contribution < 1.29 is 65.8 Å². The summed E-state index contributed by atoms with van der Waals surface area (Å²) in [5.74, 6) is -7.10. The van der Waals surface area contributed by atoms with Crippen LogP contribution in [0.15, 0.2) is 30.3 Å². The number of aliphatic hydroxyl groups is 2. The molecule has 1 spiro atoms. The Kier molecular flexibility index (Phi) is 14.8. The highest BCUT2D eigenvalue weighted by Gasteiger charge is 2.66. The topological polar surface area (TPSA) is 139 Å². The van der Waals surface area contributed by atoms with Gasteiger partial charge in [-0.05, 0) is 37.9 Å². The van der Waals surface area contributed by atoms with E-state index in [0.717, 1.165) is 37.4 Å². The average Bonchev–Trinajstić information content (AvgIpc) is 3.10. The second-order valence-corrected chi connectivity index (χ2v) is 20.8. The van der Waals surface area contributed by atoms with E-state index < -0.39 is 97.1 Å². The number of hydrogen-bond donors (Lipinski definition) is 2. The van der Waals surface area contributed by atoms with Crippen LogP contribution in [0.2, 0.25) is 18.1 Å². The summed E-state index contributed by atoms with van der Waals surface area (Å²) in [6, 6.07) is 9.23. The molecule has 0 saturated carbocycles. The maximum Gasteiger partial charge on any atom is 0.432 e. The number of halogens is 3. The zero-order valence-corrected chi connectivity index (χ0v) is 34.9. The molecule has 3 aliphatic rings. The Hall–Kier alpha value is -2.11. The maximum absolute atomic E-state index is 14.9. The normalized spacial score (nSPS) is 35.6. The predicted molar refractivity (Wildman–Crippen MR) is 199 cm³/mol. The van der Waals surface area contributed by atoms with Crippen molar-refractivity contribution >= 4 is 20.3 Å². The molecule has 3 fully saturated rings. The molecule has 0 amide bonds. The first-order chi connectivity index (χ1) is 25.7. The number of carbonyl (C=O) groups excluding carboxylic acids is 2. The van der Waals surface area contributed by atoms with Gasteiger partial charge in [0.05, 0.1) is 23.9 Å². The van der Waals surface area contributed by atoms with Crippen molar-refractivity contribution in [2.75, 3.05) is 13.7 Å². The minimum atomic E-state index is -5.18. The molecule has 1 aromatic rings. The maximum atomic E-state index is 14.9. The Balaban J connectivity index is 1.74. The van der Waals surface area contributed by atoms with Crippen LogP contribution in [0, 0.1) is 11.8 Å². The fraction of sp³-hybridized carbons (Fsp3) is 0.800. The first-order valence-corrected chi connectivity index (χ1v) is 22.4. The summed E-state index contributed by atoms with van der Waals surface area (Å²) in [6.45, 7) is 14.7. The van der Waals surface area contributed by atoms with Crippen molar-refractivity contribution in [1.82, 2.24) is 0 Å². The van der Waals surface area contributed by atoms with E-state index in [1.165, 1.54) is 25.1 Å². The summed E-state index contributed by atoms with van der Waals surface area (Å²) in [5, 5.41) is 22.4. The molecule has 3 aliphatic heterocycles. The third-order valence-corrected chi connectivity index (χ3v) is 17.1. The largest absolute Gasteiger partial charge is 0.462 e. The molecule has 0 unspecified atom stereocenters. The number of benzene rings is 1. The molecular weight excluding hydrogens is 742 g/mol. The summed E-state index contributed by atoms with van der Waals surface area (Å²) in [5.41, 5.74) is -4.67. The molecule has 3 saturated heterocycles. The number of alkyl halides is 3. The Bertz CT molecular complexity index is 1420. The lowest BCUT2D eigenvalue weighted by Gasteiger charge is -2.56. The van der Waals surface area contributed by atoms with E-state index in [-0.39, 0.29) is 25.9 Å². The quantitative estimate of drug-likeness (QED) is 0.136. The van der Waals surface area contributed by atoms with Crippen molar-refractivity contribution in [3.05, 3.63) is 35.9 Å². The SMILES string of the molecule is CC[C@@H]1O[C@](O)(C[C@H]2C[C@](C)(O[Si](CC)(CC)CC)C[C@@]3(C[C@@H](OC(C)=O)C[C@H](CCO)O3)O2)[C@@H](C)[C@H](OC(=O)[C@](OC)(c2ccccc2)C(F)(F)F)[C@@H]1C. The molecule has 0 aliphatic carbocycles. The van der Waals surface area contributed by atoms with Crippen molar-refractivity contribution in [3.8, 4) is 0 Å². The fourth-order valence-corrected chi connectivity index (χ4v) is 12.5. The lowest BCUT2D eigenvalue weighted by atomic mass is 9.75. The molecule has 11 atom stereocenters. The van der Waals surface area contributed by atoms with E-state index in [2.05, 4.69) is 20.8 Å². The first kappa shape index (κ1) is 45.6. The molecule has 314 valence electrons. The molecule has 0 radical (unpaired) electrons. The van der Waals surface area contributed by atoms with Crippen LogP contribution < -0.4 is 0 Å². The number of hydrogen-bond acceptors (Lipinski definition) is 11. The van der Waals surface area contributed by atoms with Crippen LogP contribution >= 0.6 is 0 Å². The highest BCUT2D eigenvalue weighted by Crippen LogP contribution is 2.51. The molecular formula is C40H63F3O11Si. The first-order valence-electron chi connectivity index (χ1n) is 19.9. The van der Waals surface area contributed by atoms with Gasteiger partial charge in [0, 0.05) is 70.1 Å². The Labute approximate surface area is 325 Å². The molecule has 3 heterocycles. The number of carbonyl (C=O) groups is 2. The predicted octanol–water partition coefficient (Wildman–Crippen LogP) is 7.31. The van der Waals surface area contributed by atoms with Crippen LogP contribution in [0.3, 0.4) is 0 Å². The minimum Gasteiger partial charge on any atom is -0.462 e. The lowest BCUT2D eigenvalue weighted by Crippen LogP contribution is -2.64. The Morgan fingerprint density at radius 3 is 2.11 bits per heavy atom. The van der Waals surface area contributed by atoms with Gasteiger partial charge in [0.15, 0.2) is 19.9 Å². The van der Waals surface area contributed by atoms with E-state index in [1.54, 1.807) is 13.8 Å². The van der Waals surface area contributed by atoms with Gasteiger partial charge in [0.2, 0.25) is 0 Å². The molecule has 4 rings (SSSR count). The molecule has 0 bridgehead atoms. The van der Waals surface area contributed by atoms with Crippen LogP contribution in [0.1, 0.15) is 106 Å². The zero-order valence-electron chi connectivity index (χ0n) is 33.9. The van der Waals surface area contributed by atoms with E-state index >= 15 is 0 Å². The van der Waals surface area contributed by atoms with Gasteiger partial charge in [0.1, 0.15) is 12.2 Å². The standard InChI is InChI=1S/C40H63F3O11Si/c1-10-33-26(5)34(50-35(46)39(48-9,40(41,42)43)29-17-15-14-16-18-29)27(6)38(47,53-33)24-32-22-36(8,54-55(11-2,12-3)13-4)25-37(52-32)23-31(49-28(7)45)21-30(51-37)19-20-44/h14-18,26-27,30-34,44,47H,10-13,19-25H2,1-9H3/t26-,27+,30+,31+,32-,33+,34-,36+,37-,38-,39-/m1/s1. The number of aliphatic hydroxyl groups excluding tert-OH is 1. The van der Waals surface area contributed by atoms with E-state index in [9.17, 15) is 33.0 Å². The second kappa shape index (κ2) is 17.8. The van der Waals surface area contributed by atoms with Crippen molar-refractivity contribution in [2.24, 2.45) is 11.8 Å². The third-order valence-electron chi connectivity index (χ3n) is 12.3. The zero-order chi connectivity index (χ0) is 41.0. The van der Waals surface area contributed by atoms with Crippen LogP contribution in [-0.2, 0) is 48.0 Å². The van der Waals surface area contributed by atoms with E-state index in [4.69, 9.17) is 32.8 Å². The van der Waals surface area contributed by atoms with Gasteiger partial charge in [-0.25, -0.2) is 4.79 Å². The minimum absolute atomic E-state index is 0.160. The molecule has 55 heavy (non-hydrogen) atoms. The van der Waals surface area contributed by atoms with Crippen LogP contribution in [0.25, 0.3) is 0 Å². The number of esters is 2. The highest BCUT2D eigenvalue weighted by molar-refractivity contribution is 6.73. The van der Waals surface area contributed by atoms with Gasteiger partial charge >= 0.3 is 18.1 Å². The van der Waals surface area contributed by atoms with Gasteiger partial charge in [-0.2, -0.15) is 13.2 Å².